The van der Waals surface area contributed by atoms with Crippen molar-refractivity contribution in [2.45, 2.75) is 45.5 Å². The van der Waals surface area contributed by atoms with Crippen molar-refractivity contribution in [2.75, 3.05) is 88.4 Å². The Balaban J connectivity index is -0.000000134. The Kier molecular flexibility index (Phi) is 71.3. The van der Waals surface area contributed by atoms with E-state index in [0.717, 1.165) is 57.1 Å². The number of aromatic carboxylic acids is 1. The van der Waals surface area contributed by atoms with Crippen molar-refractivity contribution in [2.24, 2.45) is 11.8 Å². The molecule has 6 aromatic rings. The fraction of sp³-hybridized carbons (Fsp3) is 0.400. The number of carbonyl (C=O) groups excluding carboxylic acids is 2. The molecule has 0 aliphatic heterocycles. The van der Waals surface area contributed by atoms with Gasteiger partial charge in [0.25, 0.3) is 0 Å². The normalized spacial score (nSPS) is 10.8. The largest absolute Gasteiger partial charge is 1.00 e. The van der Waals surface area contributed by atoms with E-state index in [1.807, 2.05) is 0 Å². The second kappa shape index (κ2) is 63.1. The van der Waals surface area contributed by atoms with E-state index in [1.54, 1.807) is 13.2 Å². The zero-order chi connectivity index (χ0) is 72.8. The number of hydrogen-bond acceptors (Lipinski definition) is 32. The van der Waals surface area contributed by atoms with Crippen molar-refractivity contribution >= 4 is 74.1 Å². The van der Waals surface area contributed by atoms with Crippen molar-refractivity contribution in [1.29, 1.82) is 0 Å². The fourth-order valence-electron chi connectivity index (χ4n) is 5.21. The minimum atomic E-state index is -4.06. The van der Waals surface area contributed by atoms with Gasteiger partial charge in [0.15, 0.2) is 40.2 Å². The number of pyridine rings is 4. The first-order chi connectivity index (χ1) is 44.3. The van der Waals surface area contributed by atoms with Crippen molar-refractivity contribution in [3.05, 3.63) is 159 Å². The third kappa shape index (κ3) is 52.4. The number of alkyl halides is 1. The maximum absolute atomic E-state index is 11.3. The minimum Gasteiger partial charge on any atom is -0.870 e. The van der Waals surface area contributed by atoms with Crippen LogP contribution in [0.5, 0.6) is 40.2 Å². The second-order valence-electron chi connectivity index (χ2n) is 17.6. The van der Waals surface area contributed by atoms with Gasteiger partial charge in [-0.2, -0.15) is 0 Å². The molecule has 6 aromatic heterocycles. The fourth-order valence-corrected chi connectivity index (χ4v) is 5.85. The monoisotopic (exact) mass is 1620 g/mol. The third-order valence-electron chi connectivity index (χ3n) is 10.2. The van der Waals surface area contributed by atoms with Crippen LogP contribution < -0.4 is 143 Å². The van der Waals surface area contributed by atoms with Crippen molar-refractivity contribution in [3.63, 3.8) is 0 Å². The molecule has 2 saturated carbocycles. The first kappa shape index (κ1) is 113. The van der Waals surface area contributed by atoms with Crippen LogP contribution in [0.4, 0.5) is 0 Å². The molecule has 0 amide bonds. The number of rotatable bonds is 16. The Labute approximate surface area is 655 Å². The molecule has 100 heavy (non-hydrogen) atoms. The number of nitrogens with one attached hydrogen (secondary N) is 3. The number of H-pyrrole nitrogens is 3. The number of carboxylic acid groups (broad SMARTS) is 1. The van der Waals surface area contributed by atoms with Gasteiger partial charge in [-0.3, -0.25) is 24.0 Å². The number of nitrogens with zero attached hydrogens (tertiary/aromatic N) is 1. The number of esters is 2. The maximum Gasteiger partial charge on any atom is 1.00 e. The summed E-state index contributed by atoms with van der Waals surface area (Å²) in [5.74, 6) is 1.09. The van der Waals surface area contributed by atoms with Gasteiger partial charge in [0, 0.05) is 114 Å². The van der Waals surface area contributed by atoms with Crippen LogP contribution in [0.1, 0.15) is 74.4 Å². The van der Waals surface area contributed by atoms with Gasteiger partial charge in [-0.05, 0) is 37.5 Å². The smallest absolute Gasteiger partial charge is 0.870 e. The van der Waals surface area contributed by atoms with E-state index in [-0.39, 0.29) is 191 Å². The summed E-state index contributed by atoms with van der Waals surface area (Å²) < 4.78 is 78.8. The molecule has 0 spiro atoms. The zero-order valence-electron chi connectivity index (χ0n) is 56.5. The van der Waals surface area contributed by atoms with E-state index in [4.69, 9.17) is 73.1 Å². The Bertz CT molecular complexity index is 3540. The van der Waals surface area contributed by atoms with Crippen molar-refractivity contribution in [1.82, 2.24) is 26.1 Å². The Morgan fingerprint density at radius 2 is 1.01 bits per heavy atom. The molecule has 2 aliphatic carbocycles. The molecule has 38 nitrogen and oxygen atoms in total. The number of aromatic amines is 3. The molecule has 8 rings (SSSR count). The quantitative estimate of drug-likeness (QED) is 0.0113. The summed E-state index contributed by atoms with van der Waals surface area (Å²) in [6.07, 6.45) is 14.6. The number of ether oxygens (including phenoxy) is 8. The summed E-state index contributed by atoms with van der Waals surface area (Å²) in [5, 5.41) is 65.6. The second-order valence-corrected chi connectivity index (χ2v) is 24.2. The van der Waals surface area contributed by atoms with Crippen molar-refractivity contribution in [3.8, 4) is 40.2 Å². The van der Waals surface area contributed by atoms with Crippen LogP contribution in [0, 0.1) is 11.8 Å². The first-order valence-corrected chi connectivity index (χ1v) is 32.5. The Morgan fingerprint density at radius 1 is 0.630 bits per heavy atom. The molecule has 0 atom stereocenters. The van der Waals surface area contributed by atoms with Gasteiger partial charge >= 0.3 is 98.8 Å². The molecule has 2 fully saturated rings. The molecular weight excluding hydrogens is 1540 g/mol. The summed E-state index contributed by atoms with van der Waals surface area (Å²) in [5.41, 5.74) is -1.22. The Hall–Kier alpha value is -5.57. The predicted molar refractivity (Wildman–Crippen MR) is 357 cm³/mol. The summed E-state index contributed by atoms with van der Waals surface area (Å²) >= 11 is 3.38. The molecule has 6 heterocycles. The molecule has 0 saturated heterocycles. The average Bonchev–Trinajstić information content (AvgIpc) is 1.94. The predicted octanol–water partition coefficient (Wildman–Crippen LogP) is -3.24. The average molecular weight is 1620 g/mol. The van der Waals surface area contributed by atoms with E-state index >= 15 is 0 Å². The molecule has 0 bridgehead atoms. The Morgan fingerprint density at radius 3 is 1.33 bits per heavy atom. The molecule has 0 radical (unpaired) electrons. The molecular formula is C55H84BrCl2KN5NaO33S2. The van der Waals surface area contributed by atoms with Crippen LogP contribution in [-0.2, 0) is 52.5 Å². The molecule has 0 unspecified atom stereocenters. The summed E-state index contributed by atoms with van der Waals surface area (Å²) in [7, 11) is 14.9. The van der Waals surface area contributed by atoms with E-state index in [1.165, 1.54) is 117 Å². The van der Waals surface area contributed by atoms with Crippen LogP contribution >= 0.6 is 37.3 Å². The SMILES string of the molecule is BrCC1CC1.CO.CO.COC(=O)c1cc(=O)c(OC)c[nH]1.COC(=O)c1cc(OCC2CC2)c(OC)cn1.COc1c[nH]c(C(=O)O)cc1=O.COc1c[nH]c(CO)cc1=O.COc1coc(CO)cc1=O.CS(C)(=O)(O)OO.N.O.O=S(Cl)Cl.O=c1cc(CO)occ1O.[K+].[Na+].[OH-].[OH-]. The number of aliphatic hydroxyl groups excluding tert-OH is 5. The van der Waals surface area contributed by atoms with E-state index < -0.39 is 53.4 Å². The topological polar surface area (TPSA) is 649 Å². The van der Waals surface area contributed by atoms with E-state index in [9.17, 15) is 42.6 Å². The number of hydrogen-bond donors (Lipinski definition) is 13. The van der Waals surface area contributed by atoms with Gasteiger partial charge in [0.2, 0.25) is 42.1 Å². The number of aromatic hydroxyl groups is 1. The summed E-state index contributed by atoms with van der Waals surface area (Å²) in [4.78, 5) is 98.8. The number of aromatic nitrogens is 4. The number of carbonyl (C=O) groups is 3. The molecule has 0 aromatic carbocycles. The van der Waals surface area contributed by atoms with Gasteiger partial charge in [-0.25, -0.2) is 33.0 Å². The van der Waals surface area contributed by atoms with E-state index in [0.29, 0.717) is 29.7 Å². The van der Waals surface area contributed by atoms with Crippen LogP contribution in [0.3, 0.4) is 0 Å². The van der Waals surface area contributed by atoms with Gasteiger partial charge < -0.3 is 125 Å². The molecule has 45 heteroatoms. The van der Waals surface area contributed by atoms with Gasteiger partial charge in [0.05, 0.1) is 69.2 Å². The van der Waals surface area contributed by atoms with Crippen LogP contribution in [0.15, 0.2) is 107 Å². The minimum absolute atomic E-state index is 0. The van der Waals surface area contributed by atoms with Gasteiger partial charge in [0.1, 0.15) is 58.3 Å². The number of halogens is 3. The molecule has 2 aliphatic rings. The number of carboxylic acids is 1. The molecule has 562 valence electrons. The van der Waals surface area contributed by atoms with Gasteiger partial charge in [-0.15, -0.1) is 4.33 Å². The summed E-state index contributed by atoms with van der Waals surface area (Å²) in [6, 6.07) is 7.19. The number of methoxy groups -OCH3 is 7. The molecule has 19 N–H and O–H groups in total. The number of aliphatic hydroxyl groups is 5. The van der Waals surface area contributed by atoms with E-state index in [2.05, 4.69) is 84.9 Å². The zero-order valence-corrected chi connectivity index (χ0v) is 66.4. The van der Waals surface area contributed by atoms with Crippen LogP contribution in [0.25, 0.3) is 0 Å². The maximum atomic E-state index is 11.3. The standard InChI is InChI=1S/C12H15NO4.C8H9NO4.C7H7NO4.C7H9NO3.C7H8O4.C6H6O4.C4H7Br.C2H8O4S.2CH4O.Cl2OS.K.H3N.Na.3H2O/c1-15-11-6-13-9(12(14)16-2)5-10(11)17-7-8-3-4-8;1-12-7-4-9-5(3-6(7)10)8(11)13-2;1-12-6-3-8-4(7(10)11)2-5(6)9;1-11-7-3-8-5(4-9)2-6(7)10;1-10-7-4-11-5(3-8)2-6(7)9;7-2-4-1-5(8)6(9)3-10-4;5-3-4-1-2-4;1-7(2,4,5)6-3;2*1-2;1-4(2)3;;;;;;/h5-6,8H,3-4,7H2,1-2H3;3-4H,1-2H3,(H,9,10);2-3H,1H3,(H,8,9)(H,10,11);2-3,9H,4H2,1H3,(H,8,10);2,4,8H,3H2,1H3;1,3,7,9H,2H2;4H,1-3H2;3H,1-2H3,(H,4,5);2*2H,1H3;;;1H3;;3*1H2/q;;;;;;;;;;;+1;;+1;;;/p-2. The first-order valence-electron chi connectivity index (χ1n) is 25.9. The van der Waals surface area contributed by atoms with Gasteiger partial charge in [-0.1, -0.05) is 15.9 Å². The third-order valence-corrected chi connectivity index (χ3v) is 11.5. The van der Waals surface area contributed by atoms with Crippen molar-refractivity contribution < 1.29 is 217 Å². The summed E-state index contributed by atoms with van der Waals surface area (Å²) in [6.45, 7) is -0.130. The van der Waals surface area contributed by atoms with Crippen LogP contribution in [-0.4, -0.2) is 197 Å². The van der Waals surface area contributed by atoms with Crippen LogP contribution in [0.2, 0.25) is 0 Å².